The number of anilines is 1. The minimum Gasteiger partial charge on any atom is -0.282 e. The molecule has 1 aliphatic rings. The van der Waals surface area contributed by atoms with Gasteiger partial charge in [-0.15, -0.1) is 11.3 Å². The molecule has 2 aromatic rings. The van der Waals surface area contributed by atoms with E-state index in [0.717, 1.165) is 15.6 Å². The van der Waals surface area contributed by atoms with Crippen molar-refractivity contribution < 1.29 is 14.0 Å². The molecule has 2 heterocycles. The zero-order chi connectivity index (χ0) is 16.7. The summed E-state index contributed by atoms with van der Waals surface area (Å²) in [6.07, 6.45) is 0. The Morgan fingerprint density at radius 2 is 1.87 bits per heavy atom. The van der Waals surface area contributed by atoms with E-state index in [0.29, 0.717) is 5.69 Å². The van der Waals surface area contributed by atoms with Crippen LogP contribution >= 0.6 is 11.3 Å². The van der Waals surface area contributed by atoms with Crippen LogP contribution in [0.4, 0.5) is 14.9 Å². The smallest absolute Gasteiger partial charge is 0.282 e. The molecule has 7 heteroatoms. The lowest BCUT2D eigenvalue weighted by atomic mass is 10.2. The van der Waals surface area contributed by atoms with Crippen molar-refractivity contribution in [1.82, 2.24) is 9.88 Å². The molecule has 1 aromatic heterocycles. The lowest BCUT2D eigenvalue weighted by Crippen LogP contribution is -2.33. The molecule has 0 bridgehead atoms. The molecule has 0 unspecified atom stereocenters. The zero-order valence-corrected chi connectivity index (χ0v) is 13.9. The lowest BCUT2D eigenvalue weighted by Gasteiger charge is -2.19. The topological polar surface area (TPSA) is 53.5 Å². The molecule has 0 saturated carbocycles. The standard InChI is InChI=1S/C16H16FN3O2S/c1-9-11(3)23-14(18-9)8-19-15(21)10(2)20(16(19)22)13-6-4-12(17)5-7-13/h4-7,10H,8H2,1-3H3/t10-/m0/s1. The van der Waals surface area contributed by atoms with Crippen LogP contribution in [0, 0.1) is 19.7 Å². The van der Waals surface area contributed by atoms with Gasteiger partial charge in [-0.25, -0.2) is 14.2 Å². The average molecular weight is 333 g/mol. The zero-order valence-electron chi connectivity index (χ0n) is 13.0. The van der Waals surface area contributed by atoms with Gasteiger partial charge in [-0.3, -0.25) is 14.6 Å². The Bertz CT molecular complexity index is 753. The second-order valence-electron chi connectivity index (χ2n) is 5.48. The van der Waals surface area contributed by atoms with Gasteiger partial charge in [0, 0.05) is 10.6 Å². The number of aryl methyl sites for hydroxylation is 2. The van der Waals surface area contributed by atoms with Gasteiger partial charge < -0.3 is 0 Å². The number of thiazole rings is 1. The number of urea groups is 1. The molecule has 1 aromatic carbocycles. The van der Waals surface area contributed by atoms with Crippen molar-refractivity contribution in [2.24, 2.45) is 0 Å². The van der Waals surface area contributed by atoms with Gasteiger partial charge in [-0.1, -0.05) is 0 Å². The number of hydrogen-bond acceptors (Lipinski definition) is 4. The Labute approximate surface area is 137 Å². The Hall–Kier alpha value is -2.28. The Morgan fingerprint density at radius 3 is 2.43 bits per heavy atom. The molecule has 5 nitrogen and oxygen atoms in total. The predicted octanol–water partition coefficient (Wildman–Crippen LogP) is 3.26. The lowest BCUT2D eigenvalue weighted by molar-refractivity contribution is -0.127. The molecule has 0 spiro atoms. The molecule has 1 atom stereocenters. The maximum atomic E-state index is 13.1. The second kappa shape index (κ2) is 5.73. The number of aromatic nitrogens is 1. The summed E-state index contributed by atoms with van der Waals surface area (Å²) in [5.41, 5.74) is 1.42. The van der Waals surface area contributed by atoms with E-state index in [4.69, 9.17) is 0 Å². The minimum absolute atomic E-state index is 0.166. The molecule has 23 heavy (non-hydrogen) atoms. The molecule has 1 saturated heterocycles. The van der Waals surface area contributed by atoms with Crippen molar-refractivity contribution in [3.8, 4) is 0 Å². The highest BCUT2D eigenvalue weighted by Crippen LogP contribution is 2.28. The van der Waals surface area contributed by atoms with Crippen molar-refractivity contribution in [3.63, 3.8) is 0 Å². The van der Waals surface area contributed by atoms with Crippen molar-refractivity contribution in [3.05, 3.63) is 45.7 Å². The second-order valence-corrected chi connectivity index (χ2v) is 6.77. The van der Waals surface area contributed by atoms with Crippen LogP contribution in [0.25, 0.3) is 0 Å². The number of amides is 3. The average Bonchev–Trinajstić information content (AvgIpc) is 2.93. The van der Waals surface area contributed by atoms with E-state index in [-0.39, 0.29) is 18.3 Å². The molecule has 0 aliphatic carbocycles. The van der Waals surface area contributed by atoms with Gasteiger partial charge in [-0.05, 0) is 45.0 Å². The number of nitrogens with zero attached hydrogens (tertiary/aromatic N) is 3. The van der Waals surface area contributed by atoms with Crippen molar-refractivity contribution in [1.29, 1.82) is 0 Å². The van der Waals surface area contributed by atoms with Crippen LogP contribution in [0.2, 0.25) is 0 Å². The van der Waals surface area contributed by atoms with E-state index in [2.05, 4.69) is 4.98 Å². The molecule has 1 aliphatic heterocycles. The summed E-state index contributed by atoms with van der Waals surface area (Å²) in [6, 6.07) is 4.53. The first-order valence-electron chi connectivity index (χ1n) is 7.21. The minimum atomic E-state index is -0.616. The maximum absolute atomic E-state index is 13.1. The Balaban J connectivity index is 1.87. The first-order valence-corrected chi connectivity index (χ1v) is 8.03. The molecular formula is C16H16FN3O2S. The van der Waals surface area contributed by atoms with Gasteiger partial charge in [0.05, 0.1) is 12.2 Å². The van der Waals surface area contributed by atoms with E-state index in [9.17, 15) is 14.0 Å². The van der Waals surface area contributed by atoms with Gasteiger partial charge in [0.1, 0.15) is 16.9 Å². The third-order valence-electron chi connectivity index (χ3n) is 3.92. The third kappa shape index (κ3) is 2.72. The summed E-state index contributed by atoms with van der Waals surface area (Å²) in [5.74, 6) is -0.658. The van der Waals surface area contributed by atoms with E-state index in [1.54, 1.807) is 6.92 Å². The normalized spacial score (nSPS) is 18.2. The molecule has 0 N–H and O–H groups in total. The predicted molar refractivity (Wildman–Crippen MR) is 85.9 cm³/mol. The number of imide groups is 1. The number of rotatable bonds is 3. The Kier molecular flexibility index (Phi) is 3.89. The maximum Gasteiger partial charge on any atom is 0.332 e. The van der Waals surface area contributed by atoms with Crippen LogP contribution in [0.3, 0.4) is 0 Å². The fourth-order valence-corrected chi connectivity index (χ4v) is 3.47. The summed E-state index contributed by atoms with van der Waals surface area (Å²) in [5, 5.41) is 0.731. The Morgan fingerprint density at radius 1 is 1.22 bits per heavy atom. The van der Waals surface area contributed by atoms with E-state index in [1.807, 2.05) is 13.8 Å². The first-order chi connectivity index (χ1) is 10.9. The van der Waals surface area contributed by atoms with Gasteiger partial charge in [0.25, 0.3) is 5.91 Å². The molecule has 120 valence electrons. The summed E-state index contributed by atoms with van der Waals surface area (Å²) in [6.45, 7) is 5.69. The summed E-state index contributed by atoms with van der Waals surface area (Å²) >= 11 is 1.48. The summed E-state index contributed by atoms with van der Waals surface area (Å²) < 4.78 is 13.1. The van der Waals surface area contributed by atoms with Crippen LogP contribution in [0.5, 0.6) is 0 Å². The number of halogens is 1. The first kappa shape index (κ1) is 15.6. The van der Waals surface area contributed by atoms with Gasteiger partial charge in [0.2, 0.25) is 0 Å². The quantitative estimate of drug-likeness (QED) is 0.810. The molecule has 3 rings (SSSR count). The SMILES string of the molecule is Cc1nc(CN2C(=O)[C@H](C)N(c3ccc(F)cc3)C2=O)sc1C. The van der Waals surface area contributed by atoms with E-state index < -0.39 is 12.1 Å². The van der Waals surface area contributed by atoms with Gasteiger partial charge in [-0.2, -0.15) is 0 Å². The van der Waals surface area contributed by atoms with E-state index in [1.165, 1.54) is 45.4 Å². The number of benzene rings is 1. The molecular weight excluding hydrogens is 317 g/mol. The third-order valence-corrected chi connectivity index (χ3v) is 4.98. The summed E-state index contributed by atoms with van der Waals surface area (Å²) in [4.78, 5) is 33.1. The van der Waals surface area contributed by atoms with Crippen molar-refractivity contribution in [2.75, 3.05) is 4.90 Å². The number of hydrogen-bond donors (Lipinski definition) is 0. The highest BCUT2D eigenvalue weighted by Gasteiger charge is 2.43. The van der Waals surface area contributed by atoms with Crippen LogP contribution < -0.4 is 4.90 Å². The summed E-state index contributed by atoms with van der Waals surface area (Å²) in [7, 11) is 0. The van der Waals surface area contributed by atoms with Crippen LogP contribution in [0.1, 0.15) is 22.5 Å². The largest absolute Gasteiger partial charge is 0.332 e. The van der Waals surface area contributed by atoms with E-state index >= 15 is 0 Å². The monoisotopic (exact) mass is 333 g/mol. The fourth-order valence-electron chi connectivity index (χ4n) is 2.55. The number of carbonyl (C=O) groups excluding carboxylic acids is 2. The molecule has 0 radical (unpaired) electrons. The van der Waals surface area contributed by atoms with Crippen molar-refractivity contribution >= 4 is 29.0 Å². The van der Waals surface area contributed by atoms with Crippen LogP contribution in [0.15, 0.2) is 24.3 Å². The van der Waals surface area contributed by atoms with Crippen LogP contribution in [-0.2, 0) is 11.3 Å². The molecule has 1 fully saturated rings. The fraction of sp³-hybridized carbons (Fsp3) is 0.312. The van der Waals surface area contributed by atoms with Crippen LogP contribution in [-0.4, -0.2) is 27.9 Å². The van der Waals surface area contributed by atoms with Gasteiger partial charge in [0.15, 0.2) is 0 Å². The van der Waals surface area contributed by atoms with Crippen molar-refractivity contribution in [2.45, 2.75) is 33.4 Å². The molecule has 3 amide bonds. The highest BCUT2D eigenvalue weighted by atomic mass is 32.1. The highest BCUT2D eigenvalue weighted by molar-refractivity contribution is 7.11. The number of carbonyl (C=O) groups is 2. The van der Waals surface area contributed by atoms with Gasteiger partial charge >= 0.3 is 6.03 Å².